The summed E-state index contributed by atoms with van der Waals surface area (Å²) in [5.41, 5.74) is 2.90. The van der Waals surface area contributed by atoms with Crippen LogP contribution in [-0.2, 0) is 0 Å². The van der Waals surface area contributed by atoms with Crippen molar-refractivity contribution in [1.29, 1.82) is 0 Å². The first-order valence-electron chi connectivity index (χ1n) is 7.93. The molecule has 1 atom stereocenters. The van der Waals surface area contributed by atoms with Crippen molar-refractivity contribution in [1.82, 2.24) is 5.32 Å². The number of ether oxygens (including phenoxy) is 1. The molecule has 0 bridgehead atoms. The van der Waals surface area contributed by atoms with Crippen molar-refractivity contribution in [2.24, 2.45) is 0 Å². The molecule has 134 valence electrons. The Balaban J connectivity index is 1.86. The lowest BCUT2D eigenvalue weighted by Gasteiger charge is -2.39. The number of anilines is 1. The molecule has 25 heavy (non-hydrogen) atoms. The quantitative estimate of drug-likeness (QED) is 0.847. The van der Waals surface area contributed by atoms with Crippen LogP contribution >= 0.6 is 11.6 Å². The first-order valence-corrected chi connectivity index (χ1v) is 8.30. The van der Waals surface area contributed by atoms with Gasteiger partial charge in [-0.25, -0.2) is 0 Å². The molecular formula is C18H18ClF3N2O. The molecule has 0 amide bonds. The molecule has 2 aromatic rings. The van der Waals surface area contributed by atoms with E-state index in [4.69, 9.17) is 11.6 Å². The Morgan fingerprint density at radius 2 is 1.88 bits per heavy atom. The van der Waals surface area contributed by atoms with E-state index in [1.807, 2.05) is 25.1 Å². The molecule has 2 aromatic carbocycles. The number of aryl methyl sites for hydroxylation is 1. The Morgan fingerprint density at radius 1 is 1.16 bits per heavy atom. The Morgan fingerprint density at radius 3 is 2.52 bits per heavy atom. The highest BCUT2D eigenvalue weighted by atomic mass is 35.5. The zero-order chi connectivity index (χ0) is 18.0. The van der Waals surface area contributed by atoms with Crippen molar-refractivity contribution in [2.45, 2.75) is 19.3 Å². The Hall–Kier alpha value is -1.92. The largest absolute Gasteiger partial charge is 0.573 e. The van der Waals surface area contributed by atoms with E-state index in [1.165, 1.54) is 12.1 Å². The average Bonchev–Trinajstić information content (AvgIpc) is 2.54. The SMILES string of the molecule is Cc1ccc(N2CCNCC2c2ccc(OC(F)(F)F)cc2)c(Cl)c1. The van der Waals surface area contributed by atoms with E-state index < -0.39 is 6.36 Å². The Labute approximate surface area is 149 Å². The van der Waals surface area contributed by atoms with Crippen molar-refractivity contribution >= 4 is 17.3 Å². The summed E-state index contributed by atoms with van der Waals surface area (Å²) in [6.07, 6.45) is -4.69. The summed E-state index contributed by atoms with van der Waals surface area (Å²) in [5, 5.41) is 3.99. The minimum atomic E-state index is -4.69. The maximum atomic E-state index is 12.3. The van der Waals surface area contributed by atoms with Gasteiger partial charge >= 0.3 is 6.36 Å². The van der Waals surface area contributed by atoms with Gasteiger partial charge in [0.25, 0.3) is 0 Å². The summed E-state index contributed by atoms with van der Waals surface area (Å²) in [6.45, 7) is 4.23. The number of halogens is 4. The molecule has 3 rings (SSSR count). The van der Waals surface area contributed by atoms with Crippen LogP contribution in [0, 0.1) is 6.92 Å². The molecule has 1 aliphatic heterocycles. The van der Waals surface area contributed by atoms with Crippen molar-refractivity contribution < 1.29 is 17.9 Å². The van der Waals surface area contributed by atoms with Gasteiger partial charge in [-0.3, -0.25) is 0 Å². The molecule has 3 nitrogen and oxygen atoms in total. The van der Waals surface area contributed by atoms with E-state index in [-0.39, 0.29) is 11.8 Å². The van der Waals surface area contributed by atoms with Gasteiger partial charge in [-0.05, 0) is 42.3 Å². The number of hydrogen-bond acceptors (Lipinski definition) is 3. The predicted molar refractivity (Wildman–Crippen MR) is 92.3 cm³/mol. The van der Waals surface area contributed by atoms with Crippen LogP contribution in [0.2, 0.25) is 5.02 Å². The fourth-order valence-electron chi connectivity index (χ4n) is 3.03. The van der Waals surface area contributed by atoms with Crippen LogP contribution in [0.5, 0.6) is 5.75 Å². The summed E-state index contributed by atoms with van der Waals surface area (Å²) >= 11 is 6.41. The van der Waals surface area contributed by atoms with Crippen LogP contribution < -0.4 is 15.0 Å². The summed E-state index contributed by atoms with van der Waals surface area (Å²) in [5.74, 6) is -0.222. The van der Waals surface area contributed by atoms with Crippen molar-refractivity contribution in [2.75, 3.05) is 24.5 Å². The third-order valence-corrected chi connectivity index (χ3v) is 4.46. The van der Waals surface area contributed by atoms with Crippen LogP contribution in [0.3, 0.4) is 0 Å². The van der Waals surface area contributed by atoms with Crippen LogP contribution in [0.4, 0.5) is 18.9 Å². The second kappa shape index (κ2) is 7.14. The highest BCUT2D eigenvalue weighted by Gasteiger charge is 2.31. The third-order valence-electron chi connectivity index (χ3n) is 4.15. The summed E-state index contributed by atoms with van der Waals surface area (Å²) in [6, 6.07) is 11.9. The molecule has 1 N–H and O–H groups in total. The van der Waals surface area contributed by atoms with Crippen molar-refractivity contribution in [3.63, 3.8) is 0 Å². The zero-order valence-corrected chi connectivity index (χ0v) is 14.4. The maximum absolute atomic E-state index is 12.3. The number of rotatable bonds is 3. The van der Waals surface area contributed by atoms with E-state index in [9.17, 15) is 13.2 Å². The number of nitrogens with zero attached hydrogens (tertiary/aromatic N) is 1. The van der Waals surface area contributed by atoms with Gasteiger partial charge in [0.2, 0.25) is 0 Å². The van der Waals surface area contributed by atoms with Crippen LogP contribution in [0.15, 0.2) is 42.5 Å². The lowest BCUT2D eigenvalue weighted by molar-refractivity contribution is -0.274. The number of benzene rings is 2. The van der Waals surface area contributed by atoms with Crippen molar-refractivity contribution in [3.05, 3.63) is 58.6 Å². The van der Waals surface area contributed by atoms with Gasteiger partial charge in [-0.1, -0.05) is 29.8 Å². The number of nitrogens with one attached hydrogen (secondary N) is 1. The fourth-order valence-corrected chi connectivity index (χ4v) is 3.37. The van der Waals surface area contributed by atoms with E-state index in [2.05, 4.69) is 15.0 Å². The molecule has 1 heterocycles. The van der Waals surface area contributed by atoms with Crippen LogP contribution in [0.25, 0.3) is 0 Å². The molecule has 7 heteroatoms. The second-order valence-electron chi connectivity index (χ2n) is 5.99. The molecule has 1 unspecified atom stereocenters. The minimum absolute atomic E-state index is 0.0195. The molecule has 1 fully saturated rings. The van der Waals surface area contributed by atoms with E-state index in [0.717, 1.165) is 29.9 Å². The van der Waals surface area contributed by atoms with Gasteiger partial charge in [0.05, 0.1) is 16.8 Å². The van der Waals surface area contributed by atoms with Crippen LogP contribution in [-0.4, -0.2) is 26.0 Å². The highest BCUT2D eigenvalue weighted by molar-refractivity contribution is 6.33. The molecule has 0 aliphatic carbocycles. The number of hydrogen-bond donors (Lipinski definition) is 1. The summed E-state index contributed by atoms with van der Waals surface area (Å²) in [4.78, 5) is 2.18. The first-order chi connectivity index (χ1) is 11.8. The van der Waals surface area contributed by atoms with Crippen molar-refractivity contribution in [3.8, 4) is 5.75 Å². The molecular weight excluding hydrogens is 353 g/mol. The molecule has 0 aromatic heterocycles. The standard InChI is InChI=1S/C18H18ClF3N2O/c1-12-2-7-16(15(19)10-12)24-9-8-23-11-17(24)13-3-5-14(6-4-13)25-18(20,21)22/h2-7,10,17,23H,8-9,11H2,1H3. The van der Waals surface area contributed by atoms with Gasteiger partial charge in [0.1, 0.15) is 5.75 Å². The van der Waals surface area contributed by atoms with E-state index >= 15 is 0 Å². The van der Waals surface area contributed by atoms with Gasteiger partial charge in [0, 0.05) is 19.6 Å². The normalized spacial score (nSPS) is 18.3. The second-order valence-corrected chi connectivity index (χ2v) is 6.39. The van der Waals surface area contributed by atoms with E-state index in [0.29, 0.717) is 11.6 Å². The van der Waals surface area contributed by atoms with Crippen LogP contribution in [0.1, 0.15) is 17.2 Å². The summed E-state index contributed by atoms with van der Waals surface area (Å²) in [7, 11) is 0. The van der Waals surface area contributed by atoms with Gasteiger partial charge in [-0.15, -0.1) is 13.2 Å². The monoisotopic (exact) mass is 370 g/mol. The number of piperazine rings is 1. The minimum Gasteiger partial charge on any atom is -0.406 e. The van der Waals surface area contributed by atoms with E-state index in [1.54, 1.807) is 12.1 Å². The topological polar surface area (TPSA) is 24.5 Å². The molecule has 0 spiro atoms. The maximum Gasteiger partial charge on any atom is 0.573 e. The highest BCUT2D eigenvalue weighted by Crippen LogP contribution is 2.35. The molecule has 0 saturated carbocycles. The molecule has 0 radical (unpaired) electrons. The van der Waals surface area contributed by atoms with Gasteiger partial charge < -0.3 is 15.0 Å². The smallest absolute Gasteiger partial charge is 0.406 e. The lowest BCUT2D eigenvalue weighted by atomic mass is 10.0. The lowest BCUT2D eigenvalue weighted by Crippen LogP contribution is -2.46. The average molecular weight is 371 g/mol. The Bertz CT molecular complexity index is 734. The summed E-state index contributed by atoms with van der Waals surface area (Å²) < 4.78 is 40.8. The van der Waals surface area contributed by atoms with Gasteiger partial charge in [0.15, 0.2) is 0 Å². The number of alkyl halides is 3. The first kappa shape index (κ1) is 17.9. The zero-order valence-electron chi connectivity index (χ0n) is 13.6. The molecule has 1 aliphatic rings. The van der Waals surface area contributed by atoms with Gasteiger partial charge in [-0.2, -0.15) is 0 Å². The third kappa shape index (κ3) is 4.38. The fraction of sp³-hybridized carbons (Fsp3) is 0.333. The predicted octanol–water partition coefficient (Wildman–Crippen LogP) is 4.70. The molecule has 1 saturated heterocycles. The Kier molecular flexibility index (Phi) is 5.11.